The van der Waals surface area contributed by atoms with Gasteiger partial charge in [0, 0.05) is 24.3 Å². The first-order chi connectivity index (χ1) is 13.1. The van der Waals surface area contributed by atoms with E-state index >= 15 is 0 Å². The lowest BCUT2D eigenvalue weighted by molar-refractivity contribution is 0.353. The molecule has 0 unspecified atom stereocenters. The first-order valence-corrected chi connectivity index (χ1v) is 10.1. The molecule has 0 radical (unpaired) electrons. The summed E-state index contributed by atoms with van der Waals surface area (Å²) in [7, 11) is -1.83. The second-order valence-electron chi connectivity index (χ2n) is 6.44. The Bertz CT molecular complexity index is 1160. The Labute approximate surface area is 158 Å². The van der Waals surface area contributed by atoms with E-state index < -0.39 is 10.0 Å². The maximum absolute atomic E-state index is 13.6. The number of aryl methyl sites for hydroxylation is 1. The van der Waals surface area contributed by atoms with Gasteiger partial charge in [0.05, 0.1) is 24.2 Å². The zero-order chi connectivity index (χ0) is 18.9. The molecule has 0 saturated heterocycles. The average Bonchev–Trinajstić information content (AvgIpc) is 3.33. The van der Waals surface area contributed by atoms with Crippen LogP contribution in [0.5, 0.6) is 0 Å². The minimum atomic E-state index is -3.74. The van der Waals surface area contributed by atoms with E-state index in [-0.39, 0.29) is 13.1 Å². The molecule has 0 aliphatic rings. The number of nitrogens with zero attached hydrogens (tertiary/aromatic N) is 2. The quantitative estimate of drug-likeness (QED) is 0.505. The number of fused-ring (bicyclic) bond motifs is 1. The first-order valence-electron chi connectivity index (χ1n) is 8.66. The summed E-state index contributed by atoms with van der Waals surface area (Å²) in [5.74, 6) is 0.605. The van der Waals surface area contributed by atoms with Crippen LogP contribution in [0.1, 0.15) is 11.5 Å². The van der Waals surface area contributed by atoms with E-state index in [0.29, 0.717) is 10.7 Å². The van der Waals surface area contributed by atoms with Crippen LogP contribution in [0.3, 0.4) is 0 Å². The molecule has 4 rings (SSSR count). The lowest BCUT2D eigenvalue weighted by Gasteiger charge is -2.22. The van der Waals surface area contributed by atoms with Crippen LogP contribution < -0.4 is 0 Å². The SMILES string of the molecule is Cn1cccc1CN(Cc1ccco1)S(=O)(=O)c1cccc2ccccc12. The summed E-state index contributed by atoms with van der Waals surface area (Å²) >= 11 is 0. The third kappa shape index (κ3) is 3.41. The Kier molecular flexibility index (Phi) is 4.59. The van der Waals surface area contributed by atoms with E-state index in [1.165, 1.54) is 4.31 Å². The summed E-state index contributed by atoms with van der Waals surface area (Å²) < 4.78 is 36.0. The van der Waals surface area contributed by atoms with Gasteiger partial charge in [-0.15, -0.1) is 0 Å². The van der Waals surface area contributed by atoms with Gasteiger partial charge in [0.25, 0.3) is 0 Å². The normalized spacial score (nSPS) is 12.1. The smallest absolute Gasteiger partial charge is 0.244 e. The van der Waals surface area contributed by atoms with Gasteiger partial charge in [-0.2, -0.15) is 4.31 Å². The Morgan fingerprint density at radius 1 is 0.926 bits per heavy atom. The standard InChI is InChI=1S/C21H20N2O3S/c1-22-13-5-9-18(22)15-23(16-19-10-6-14-26-19)27(24,25)21-12-4-8-17-7-2-3-11-20(17)21/h2-14H,15-16H2,1H3. The zero-order valence-electron chi connectivity index (χ0n) is 14.9. The van der Waals surface area contributed by atoms with Gasteiger partial charge in [-0.3, -0.25) is 0 Å². The monoisotopic (exact) mass is 380 g/mol. The molecule has 2 aromatic carbocycles. The maximum Gasteiger partial charge on any atom is 0.244 e. The molecule has 6 heteroatoms. The van der Waals surface area contributed by atoms with Crippen LogP contribution >= 0.6 is 0 Å². The molecule has 2 aromatic heterocycles. The predicted octanol–water partition coefficient (Wildman–Crippen LogP) is 4.16. The molecule has 0 N–H and O–H groups in total. The van der Waals surface area contributed by atoms with Gasteiger partial charge in [0.2, 0.25) is 10.0 Å². The van der Waals surface area contributed by atoms with E-state index in [2.05, 4.69) is 0 Å². The van der Waals surface area contributed by atoms with Gasteiger partial charge in [-0.1, -0.05) is 36.4 Å². The predicted molar refractivity (Wildman–Crippen MR) is 105 cm³/mol. The number of rotatable bonds is 6. The number of aromatic nitrogens is 1. The van der Waals surface area contributed by atoms with E-state index in [1.54, 1.807) is 30.5 Å². The van der Waals surface area contributed by atoms with Gasteiger partial charge in [-0.25, -0.2) is 8.42 Å². The van der Waals surface area contributed by atoms with Crippen molar-refractivity contribution in [2.45, 2.75) is 18.0 Å². The highest BCUT2D eigenvalue weighted by atomic mass is 32.2. The van der Waals surface area contributed by atoms with Crippen molar-refractivity contribution in [1.82, 2.24) is 8.87 Å². The molecule has 0 fully saturated rings. The van der Waals surface area contributed by atoms with E-state index in [9.17, 15) is 8.42 Å². The molecule has 2 heterocycles. The summed E-state index contributed by atoms with van der Waals surface area (Å²) in [6.45, 7) is 0.430. The second-order valence-corrected chi connectivity index (χ2v) is 8.35. The van der Waals surface area contributed by atoms with Crippen LogP contribution in [0.15, 0.2) is 88.5 Å². The minimum absolute atomic E-state index is 0.170. The van der Waals surface area contributed by atoms with Crippen molar-refractivity contribution in [3.05, 3.63) is 90.6 Å². The lowest BCUT2D eigenvalue weighted by Crippen LogP contribution is -2.31. The number of hydrogen-bond acceptors (Lipinski definition) is 3. The fraction of sp³-hybridized carbons (Fsp3) is 0.143. The van der Waals surface area contributed by atoms with Gasteiger partial charge >= 0.3 is 0 Å². The molecular formula is C21H20N2O3S. The summed E-state index contributed by atoms with van der Waals surface area (Å²) in [4.78, 5) is 0.307. The zero-order valence-corrected chi connectivity index (χ0v) is 15.8. The van der Waals surface area contributed by atoms with Crippen LogP contribution in [0.25, 0.3) is 10.8 Å². The summed E-state index contributed by atoms with van der Waals surface area (Å²) in [6.07, 6.45) is 3.46. The fourth-order valence-corrected chi connectivity index (χ4v) is 4.80. The average molecular weight is 380 g/mol. The molecule has 0 spiro atoms. The van der Waals surface area contributed by atoms with Gasteiger partial charge in [0.1, 0.15) is 5.76 Å². The fourth-order valence-electron chi connectivity index (χ4n) is 3.20. The third-order valence-corrected chi connectivity index (χ3v) is 6.52. The number of benzene rings is 2. The van der Waals surface area contributed by atoms with Crippen molar-refractivity contribution in [1.29, 1.82) is 0 Å². The molecular weight excluding hydrogens is 360 g/mol. The van der Waals surface area contributed by atoms with Gasteiger partial charge in [-0.05, 0) is 35.7 Å². The largest absolute Gasteiger partial charge is 0.468 e. The molecule has 27 heavy (non-hydrogen) atoms. The second kappa shape index (κ2) is 7.06. The van der Waals surface area contributed by atoms with Crippen molar-refractivity contribution in [2.24, 2.45) is 7.05 Å². The molecule has 5 nitrogen and oxygen atoms in total. The van der Waals surface area contributed by atoms with Crippen LogP contribution in [0.4, 0.5) is 0 Å². The first kappa shape index (κ1) is 17.6. The number of sulfonamides is 1. The van der Waals surface area contributed by atoms with Crippen molar-refractivity contribution < 1.29 is 12.8 Å². The Hall–Kier alpha value is -2.83. The van der Waals surface area contributed by atoms with Crippen LogP contribution in [-0.2, 0) is 30.2 Å². The Morgan fingerprint density at radius 3 is 2.48 bits per heavy atom. The topological polar surface area (TPSA) is 55.5 Å². The van der Waals surface area contributed by atoms with Crippen molar-refractivity contribution in [2.75, 3.05) is 0 Å². The van der Waals surface area contributed by atoms with Gasteiger partial charge < -0.3 is 8.98 Å². The van der Waals surface area contributed by atoms with Crippen molar-refractivity contribution in [3.63, 3.8) is 0 Å². The molecule has 0 amide bonds. The van der Waals surface area contributed by atoms with Crippen molar-refractivity contribution >= 4 is 20.8 Å². The van der Waals surface area contributed by atoms with Crippen molar-refractivity contribution in [3.8, 4) is 0 Å². The molecule has 0 bridgehead atoms. The minimum Gasteiger partial charge on any atom is -0.468 e. The van der Waals surface area contributed by atoms with Crippen LogP contribution in [0, 0.1) is 0 Å². The third-order valence-electron chi connectivity index (χ3n) is 4.67. The number of hydrogen-bond donors (Lipinski definition) is 0. The molecule has 0 atom stereocenters. The highest BCUT2D eigenvalue weighted by Crippen LogP contribution is 2.28. The molecule has 0 saturated carbocycles. The van der Waals surface area contributed by atoms with Gasteiger partial charge in [0.15, 0.2) is 0 Å². The van der Waals surface area contributed by atoms with E-state index in [0.717, 1.165) is 16.5 Å². The number of furan rings is 1. The Morgan fingerprint density at radius 2 is 1.74 bits per heavy atom. The van der Waals surface area contributed by atoms with Crippen LogP contribution in [-0.4, -0.2) is 17.3 Å². The van der Waals surface area contributed by atoms with E-state index in [4.69, 9.17) is 4.42 Å². The highest BCUT2D eigenvalue weighted by Gasteiger charge is 2.28. The molecule has 138 valence electrons. The van der Waals surface area contributed by atoms with Crippen LogP contribution in [0.2, 0.25) is 0 Å². The molecule has 0 aliphatic carbocycles. The molecule has 4 aromatic rings. The maximum atomic E-state index is 13.6. The van der Waals surface area contributed by atoms with E-state index in [1.807, 2.05) is 60.3 Å². The summed E-state index contributed by atoms with van der Waals surface area (Å²) in [5, 5.41) is 1.62. The molecule has 0 aliphatic heterocycles. The summed E-state index contributed by atoms with van der Waals surface area (Å²) in [5.41, 5.74) is 0.908. The lowest BCUT2D eigenvalue weighted by atomic mass is 10.1. The Balaban J connectivity index is 1.80. The summed E-state index contributed by atoms with van der Waals surface area (Å²) in [6, 6.07) is 20.3. The highest BCUT2D eigenvalue weighted by molar-refractivity contribution is 7.89.